The molecular weight excluding hydrogens is 514 g/mol. The van der Waals surface area contributed by atoms with E-state index in [2.05, 4.69) is 31.4 Å². The molecular formula is C26H20BrN3O5. The number of amides is 1. The number of pyridine rings is 1. The lowest BCUT2D eigenvalue weighted by Crippen LogP contribution is -2.22. The van der Waals surface area contributed by atoms with Gasteiger partial charge in [0.25, 0.3) is 5.91 Å². The summed E-state index contributed by atoms with van der Waals surface area (Å²) in [6.45, 7) is 1.78. The summed E-state index contributed by atoms with van der Waals surface area (Å²) in [5.74, 6) is 0.111. The number of aromatic nitrogens is 1. The zero-order valence-corrected chi connectivity index (χ0v) is 20.3. The van der Waals surface area contributed by atoms with Gasteiger partial charge in [-0.25, -0.2) is 10.2 Å². The fourth-order valence-corrected chi connectivity index (χ4v) is 4.56. The molecule has 2 aromatic carbocycles. The maximum absolute atomic E-state index is 13.1. The molecule has 0 atom stereocenters. The van der Waals surface area contributed by atoms with Gasteiger partial charge < -0.3 is 14.3 Å². The number of hydrogen-bond acceptors (Lipinski definition) is 7. The lowest BCUT2D eigenvalue weighted by Gasteiger charge is -2.13. The Hall–Kier alpha value is -3.98. The van der Waals surface area contributed by atoms with E-state index in [1.807, 2.05) is 12.1 Å². The van der Waals surface area contributed by atoms with Crippen LogP contribution in [0.2, 0.25) is 0 Å². The standard InChI is InChI=1S/C26H20BrN3O5/c1-14-22-19(29-30-25(32)15-7-9-16(31)10-8-15)5-2-6-20(22)34-24(14)26(33)35-21-12-11-18(27)17-4-3-13-28-23(17)21/h3-4,7-13,31H,2,5-6H2,1H3,(H,30,32)/b29-19+. The van der Waals surface area contributed by atoms with Gasteiger partial charge in [-0.1, -0.05) is 22.0 Å². The Balaban J connectivity index is 1.41. The molecule has 1 aliphatic carbocycles. The number of benzene rings is 2. The van der Waals surface area contributed by atoms with Gasteiger partial charge in [0.15, 0.2) is 5.75 Å². The van der Waals surface area contributed by atoms with Crippen LogP contribution in [0.3, 0.4) is 0 Å². The number of aryl methyl sites for hydroxylation is 1. The summed E-state index contributed by atoms with van der Waals surface area (Å²) in [7, 11) is 0. The summed E-state index contributed by atoms with van der Waals surface area (Å²) in [6.07, 6.45) is 3.68. The fraction of sp³-hybridized carbons (Fsp3) is 0.154. The van der Waals surface area contributed by atoms with E-state index >= 15 is 0 Å². The Labute approximate surface area is 208 Å². The number of nitrogens with one attached hydrogen (secondary N) is 1. The van der Waals surface area contributed by atoms with Gasteiger partial charge in [-0.05, 0) is 62.2 Å². The molecule has 9 heteroatoms. The number of ether oxygens (including phenoxy) is 1. The largest absolute Gasteiger partial charge is 0.508 e. The maximum atomic E-state index is 13.1. The maximum Gasteiger partial charge on any atom is 0.380 e. The van der Waals surface area contributed by atoms with Crippen molar-refractivity contribution in [3.8, 4) is 11.5 Å². The Morgan fingerprint density at radius 1 is 1.14 bits per heavy atom. The average molecular weight is 534 g/mol. The minimum atomic E-state index is -0.626. The van der Waals surface area contributed by atoms with Crippen LogP contribution in [0.4, 0.5) is 0 Å². The second-order valence-corrected chi connectivity index (χ2v) is 8.94. The molecule has 2 heterocycles. The molecule has 0 bridgehead atoms. The Morgan fingerprint density at radius 2 is 1.94 bits per heavy atom. The van der Waals surface area contributed by atoms with E-state index in [1.54, 1.807) is 25.3 Å². The molecule has 0 unspecified atom stereocenters. The number of halogens is 1. The van der Waals surface area contributed by atoms with E-state index in [1.165, 1.54) is 24.3 Å². The molecule has 1 aliphatic rings. The van der Waals surface area contributed by atoms with Crippen LogP contribution in [0.25, 0.3) is 10.9 Å². The van der Waals surface area contributed by atoms with Crippen LogP contribution in [0.1, 0.15) is 50.6 Å². The van der Waals surface area contributed by atoms with Gasteiger partial charge in [0.05, 0.1) is 5.71 Å². The zero-order chi connectivity index (χ0) is 24.5. The number of phenols is 1. The van der Waals surface area contributed by atoms with E-state index in [4.69, 9.17) is 9.15 Å². The first-order valence-electron chi connectivity index (χ1n) is 11.0. The molecule has 0 spiro atoms. The zero-order valence-electron chi connectivity index (χ0n) is 18.7. The second-order valence-electron chi connectivity index (χ2n) is 8.09. The normalized spacial score (nSPS) is 14.1. The Bertz CT molecular complexity index is 1490. The number of aromatic hydroxyl groups is 1. The summed E-state index contributed by atoms with van der Waals surface area (Å²) < 4.78 is 12.4. The highest BCUT2D eigenvalue weighted by molar-refractivity contribution is 9.10. The topological polar surface area (TPSA) is 114 Å². The lowest BCUT2D eigenvalue weighted by molar-refractivity contribution is 0.0700. The predicted molar refractivity (Wildman–Crippen MR) is 133 cm³/mol. The third kappa shape index (κ3) is 4.42. The number of rotatable bonds is 4. The van der Waals surface area contributed by atoms with Crippen molar-refractivity contribution in [1.29, 1.82) is 0 Å². The monoisotopic (exact) mass is 533 g/mol. The first-order chi connectivity index (χ1) is 16.9. The molecule has 0 aliphatic heterocycles. The van der Waals surface area contributed by atoms with Gasteiger partial charge in [0.1, 0.15) is 17.0 Å². The van der Waals surface area contributed by atoms with Crippen LogP contribution >= 0.6 is 15.9 Å². The molecule has 4 aromatic rings. The van der Waals surface area contributed by atoms with Gasteiger partial charge in [0, 0.05) is 39.2 Å². The number of carbonyl (C=O) groups is 2. The summed E-state index contributed by atoms with van der Waals surface area (Å²) in [5, 5.41) is 14.5. The van der Waals surface area contributed by atoms with Crippen molar-refractivity contribution >= 4 is 44.4 Å². The smallest absolute Gasteiger partial charge is 0.380 e. The number of phenolic OH excluding ortho intramolecular Hbond substituents is 1. The number of nitrogens with zero attached hydrogens (tertiary/aromatic N) is 2. The van der Waals surface area contributed by atoms with Crippen molar-refractivity contribution in [1.82, 2.24) is 10.4 Å². The van der Waals surface area contributed by atoms with Crippen LogP contribution < -0.4 is 10.2 Å². The number of esters is 1. The van der Waals surface area contributed by atoms with Crippen LogP contribution in [0.5, 0.6) is 11.5 Å². The number of carbonyl (C=O) groups excluding carboxylic acids is 2. The minimum absolute atomic E-state index is 0.0742. The van der Waals surface area contributed by atoms with Crippen LogP contribution in [0, 0.1) is 6.92 Å². The number of fused-ring (bicyclic) bond motifs is 2. The fourth-order valence-electron chi connectivity index (χ4n) is 4.11. The van der Waals surface area contributed by atoms with Gasteiger partial charge in [-0.2, -0.15) is 5.10 Å². The van der Waals surface area contributed by atoms with Crippen molar-refractivity contribution in [2.75, 3.05) is 0 Å². The van der Waals surface area contributed by atoms with E-state index in [0.29, 0.717) is 52.3 Å². The molecule has 35 heavy (non-hydrogen) atoms. The highest BCUT2D eigenvalue weighted by atomic mass is 79.9. The molecule has 2 aromatic heterocycles. The van der Waals surface area contributed by atoms with Crippen molar-refractivity contribution in [3.05, 3.63) is 87.4 Å². The van der Waals surface area contributed by atoms with E-state index in [0.717, 1.165) is 16.3 Å². The number of hydrazone groups is 1. The molecule has 0 fully saturated rings. The van der Waals surface area contributed by atoms with Gasteiger partial charge in [0.2, 0.25) is 5.76 Å². The second kappa shape index (κ2) is 9.34. The van der Waals surface area contributed by atoms with Crippen molar-refractivity contribution in [2.24, 2.45) is 5.10 Å². The molecule has 0 saturated carbocycles. The highest BCUT2D eigenvalue weighted by Crippen LogP contribution is 2.33. The van der Waals surface area contributed by atoms with Crippen LogP contribution in [0.15, 0.2) is 68.7 Å². The van der Waals surface area contributed by atoms with E-state index in [9.17, 15) is 14.7 Å². The summed E-state index contributed by atoms with van der Waals surface area (Å²) in [6, 6.07) is 13.1. The Kier molecular flexibility index (Phi) is 6.08. The molecule has 5 rings (SSSR count). The third-order valence-corrected chi connectivity index (χ3v) is 6.51. The molecule has 2 N–H and O–H groups in total. The summed E-state index contributed by atoms with van der Waals surface area (Å²) in [4.78, 5) is 29.9. The average Bonchev–Trinajstić information content (AvgIpc) is 3.22. The quantitative estimate of drug-likeness (QED) is 0.209. The molecule has 8 nitrogen and oxygen atoms in total. The van der Waals surface area contributed by atoms with Gasteiger partial charge in [-0.3, -0.25) is 9.78 Å². The van der Waals surface area contributed by atoms with Crippen molar-refractivity contribution in [3.63, 3.8) is 0 Å². The highest BCUT2D eigenvalue weighted by Gasteiger charge is 2.29. The van der Waals surface area contributed by atoms with Crippen LogP contribution in [-0.4, -0.2) is 27.7 Å². The SMILES string of the molecule is Cc1c(C(=O)Oc2ccc(Br)c3cccnc23)oc2c1/C(=N/NC(=O)c1ccc(O)cc1)CCC2. The first kappa shape index (κ1) is 22.8. The first-order valence-corrected chi connectivity index (χ1v) is 11.8. The van der Waals surface area contributed by atoms with Crippen molar-refractivity contribution < 1.29 is 23.8 Å². The minimum Gasteiger partial charge on any atom is -0.508 e. The lowest BCUT2D eigenvalue weighted by atomic mass is 9.93. The summed E-state index contributed by atoms with van der Waals surface area (Å²) >= 11 is 3.49. The number of furan rings is 1. The molecule has 176 valence electrons. The predicted octanol–water partition coefficient (Wildman–Crippen LogP) is 5.29. The van der Waals surface area contributed by atoms with Gasteiger partial charge in [-0.15, -0.1) is 0 Å². The molecule has 0 radical (unpaired) electrons. The van der Waals surface area contributed by atoms with Crippen molar-refractivity contribution in [2.45, 2.75) is 26.2 Å². The summed E-state index contributed by atoms with van der Waals surface area (Å²) in [5.41, 5.74) is 5.44. The third-order valence-electron chi connectivity index (χ3n) is 5.82. The van der Waals surface area contributed by atoms with E-state index < -0.39 is 11.9 Å². The number of hydrogen-bond donors (Lipinski definition) is 2. The van der Waals surface area contributed by atoms with Gasteiger partial charge >= 0.3 is 5.97 Å². The van der Waals surface area contributed by atoms with E-state index in [-0.39, 0.29) is 11.5 Å². The Morgan fingerprint density at radius 3 is 2.74 bits per heavy atom. The molecule has 1 amide bonds. The van der Waals surface area contributed by atoms with Crippen LogP contribution in [-0.2, 0) is 6.42 Å². The molecule has 0 saturated heterocycles.